The number of sulfonamides is 1. The molecule has 1 saturated carbocycles. The topological polar surface area (TPSA) is 85.4 Å². The van der Waals surface area contributed by atoms with Crippen LogP contribution in [0.5, 0.6) is 5.75 Å². The minimum atomic E-state index is -4.06. The molecule has 0 bridgehead atoms. The van der Waals surface area contributed by atoms with Crippen LogP contribution in [0.25, 0.3) is 10.9 Å². The number of carbonyl (C=O) groups is 1. The Morgan fingerprint density at radius 3 is 2.62 bits per heavy atom. The van der Waals surface area contributed by atoms with Crippen LogP contribution >= 0.6 is 0 Å². The van der Waals surface area contributed by atoms with Crippen LogP contribution in [-0.4, -0.2) is 26.4 Å². The van der Waals surface area contributed by atoms with E-state index >= 15 is 0 Å². The van der Waals surface area contributed by atoms with Crippen LogP contribution in [0.3, 0.4) is 0 Å². The molecule has 2 aliphatic carbocycles. The Hall–Kier alpha value is -2.93. The maximum absolute atomic E-state index is 13.3. The molecule has 1 amide bonds. The van der Waals surface area contributed by atoms with E-state index in [2.05, 4.69) is 15.8 Å². The smallest absolute Gasteiger partial charge is 0.264 e. The normalized spacial score (nSPS) is 18.2. The first-order chi connectivity index (χ1) is 15.4. The van der Waals surface area contributed by atoms with Crippen molar-refractivity contribution in [2.24, 2.45) is 0 Å². The molecule has 0 radical (unpaired) electrons. The first kappa shape index (κ1) is 20.9. The highest BCUT2D eigenvalue weighted by molar-refractivity contribution is 7.90. The third-order valence-corrected chi connectivity index (χ3v) is 8.23. The Kier molecular flexibility index (Phi) is 5.16. The molecular formula is C25H26N2O4S. The lowest BCUT2D eigenvalue weighted by Crippen LogP contribution is -2.34. The van der Waals surface area contributed by atoms with Crippen molar-refractivity contribution in [3.63, 3.8) is 0 Å². The molecule has 0 spiro atoms. The maximum atomic E-state index is 13.3. The number of nitrogens with one attached hydrogen (secondary N) is 1. The summed E-state index contributed by atoms with van der Waals surface area (Å²) < 4.78 is 34.3. The number of rotatable bonds is 5. The van der Waals surface area contributed by atoms with Gasteiger partial charge in [0, 0.05) is 16.6 Å². The van der Waals surface area contributed by atoms with Crippen molar-refractivity contribution in [1.82, 2.24) is 9.71 Å². The summed E-state index contributed by atoms with van der Waals surface area (Å²) in [6.45, 7) is 1.85. The summed E-state index contributed by atoms with van der Waals surface area (Å²) in [6.07, 6.45) is 4.89. The van der Waals surface area contributed by atoms with Crippen LogP contribution in [0.2, 0.25) is 0 Å². The second-order valence-corrected chi connectivity index (χ2v) is 10.4. The predicted molar refractivity (Wildman–Crippen MR) is 122 cm³/mol. The van der Waals surface area contributed by atoms with Crippen LogP contribution in [0.15, 0.2) is 47.4 Å². The van der Waals surface area contributed by atoms with Gasteiger partial charge in [0.1, 0.15) is 5.75 Å². The third-order valence-electron chi connectivity index (χ3n) is 6.82. The quantitative estimate of drug-likeness (QED) is 0.624. The average molecular weight is 451 g/mol. The summed E-state index contributed by atoms with van der Waals surface area (Å²) >= 11 is 0. The molecule has 2 aromatic carbocycles. The van der Waals surface area contributed by atoms with Crippen molar-refractivity contribution in [3.05, 3.63) is 64.8 Å². The predicted octanol–water partition coefficient (Wildman–Crippen LogP) is 4.35. The van der Waals surface area contributed by atoms with Gasteiger partial charge in [0.25, 0.3) is 10.0 Å². The Morgan fingerprint density at radius 1 is 1.09 bits per heavy atom. The lowest BCUT2D eigenvalue weighted by molar-refractivity contribution is -0.120. The van der Waals surface area contributed by atoms with Gasteiger partial charge in [-0.3, -0.25) is 9.78 Å². The van der Waals surface area contributed by atoms with E-state index < -0.39 is 21.8 Å². The Balaban J connectivity index is 1.48. The molecule has 1 N–H and O–H groups in total. The molecule has 5 rings (SSSR count). The van der Waals surface area contributed by atoms with Gasteiger partial charge < -0.3 is 4.74 Å². The van der Waals surface area contributed by atoms with Gasteiger partial charge in [-0.15, -0.1) is 0 Å². The fourth-order valence-electron chi connectivity index (χ4n) is 5.02. The van der Waals surface area contributed by atoms with Crippen molar-refractivity contribution in [3.8, 4) is 5.75 Å². The lowest BCUT2D eigenvalue weighted by atomic mass is 9.77. The van der Waals surface area contributed by atoms with E-state index in [1.807, 2.05) is 13.0 Å². The van der Waals surface area contributed by atoms with E-state index in [1.165, 1.54) is 30.9 Å². The zero-order chi connectivity index (χ0) is 22.5. The molecular weight excluding hydrogens is 424 g/mol. The highest BCUT2D eigenvalue weighted by Gasteiger charge is 2.37. The molecule has 0 unspecified atom stereocenters. The van der Waals surface area contributed by atoms with E-state index in [4.69, 9.17) is 4.74 Å². The molecule has 1 heterocycles. The van der Waals surface area contributed by atoms with E-state index in [9.17, 15) is 13.2 Å². The molecule has 3 aromatic rings. The fourth-order valence-corrected chi connectivity index (χ4v) is 6.25. The fraction of sp³-hybridized carbons (Fsp3) is 0.360. The Labute approximate surface area is 188 Å². The van der Waals surface area contributed by atoms with E-state index in [-0.39, 0.29) is 4.90 Å². The van der Waals surface area contributed by atoms with Gasteiger partial charge in [0.05, 0.1) is 23.4 Å². The van der Waals surface area contributed by atoms with Crippen molar-refractivity contribution in [1.29, 1.82) is 0 Å². The summed E-state index contributed by atoms with van der Waals surface area (Å²) in [4.78, 5) is 17.7. The number of aromatic nitrogens is 1. The largest absolute Gasteiger partial charge is 0.496 e. The maximum Gasteiger partial charge on any atom is 0.264 e. The summed E-state index contributed by atoms with van der Waals surface area (Å²) in [5, 5.41) is 0.495. The van der Waals surface area contributed by atoms with Crippen LogP contribution in [0, 0.1) is 6.92 Å². The third kappa shape index (κ3) is 3.45. The number of aryl methyl sites for hydroxylation is 1. The molecule has 0 saturated heterocycles. The zero-order valence-electron chi connectivity index (χ0n) is 18.2. The summed E-state index contributed by atoms with van der Waals surface area (Å²) in [5.41, 5.74) is 4.68. The summed E-state index contributed by atoms with van der Waals surface area (Å²) in [5.74, 6) is 0.129. The van der Waals surface area contributed by atoms with Gasteiger partial charge in [-0.1, -0.05) is 18.6 Å². The van der Waals surface area contributed by atoms with Gasteiger partial charge in [-0.05, 0) is 80.0 Å². The number of methoxy groups -OCH3 is 1. The molecule has 7 heteroatoms. The first-order valence-corrected chi connectivity index (χ1v) is 12.5. The zero-order valence-corrected chi connectivity index (χ0v) is 19.0. The number of nitrogens with zero attached hydrogens (tertiary/aromatic N) is 1. The van der Waals surface area contributed by atoms with Gasteiger partial charge in [0.2, 0.25) is 5.91 Å². The SMILES string of the molecule is COc1ccc(C2CCC2)c2c1[C@@H](C(=O)NS(=O)(=O)c1cccc3nc(C)ccc13)CC2. The summed E-state index contributed by atoms with van der Waals surface area (Å²) in [6, 6.07) is 12.5. The van der Waals surface area contributed by atoms with Crippen molar-refractivity contribution < 1.29 is 17.9 Å². The molecule has 0 aliphatic heterocycles. The van der Waals surface area contributed by atoms with Gasteiger partial charge in [-0.2, -0.15) is 0 Å². The van der Waals surface area contributed by atoms with E-state index in [1.54, 1.807) is 31.4 Å². The minimum Gasteiger partial charge on any atom is -0.496 e. The number of hydrogen-bond acceptors (Lipinski definition) is 5. The van der Waals surface area contributed by atoms with Crippen LogP contribution < -0.4 is 9.46 Å². The average Bonchev–Trinajstić information content (AvgIpc) is 3.17. The molecule has 1 fully saturated rings. The number of benzene rings is 2. The molecule has 1 aromatic heterocycles. The number of pyridine rings is 1. The summed E-state index contributed by atoms with van der Waals surface area (Å²) in [7, 11) is -2.47. The van der Waals surface area contributed by atoms with Gasteiger partial charge >= 0.3 is 0 Å². The molecule has 166 valence electrons. The minimum absolute atomic E-state index is 0.0595. The van der Waals surface area contributed by atoms with Crippen LogP contribution in [-0.2, 0) is 21.2 Å². The number of fused-ring (bicyclic) bond motifs is 2. The molecule has 6 nitrogen and oxygen atoms in total. The lowest BCUT2D eigenvalue weighted by Gasteiger charge is -2.28. The number of ether oxygens (including phenoxy) is 1. The van der Waals surface area contributed by atoms with E-state index in [0.717, 1.165) is 23.2 Å². The second-order valence-electron chi connectivity index (χ2n) is 8.71. The Bertz CT molecular complexity index is 1330. The Morgan fingerprint density at radius 2 is 1.91 bits per heavy atom. The molecule has 1 atom stereocenters. The molecule has 2 aliphatic rings. The number of amides is 1. The van der Waals surface area contributed by atoms with Crippen LogP contribution in [0.4, 0.5) is 0 Å². The first-order valence-electron chi connectivity index (χ1n) is 11.0. The van der Waals surface area contributed by atoms with Crippen molar-refractivity contribution in [2.75, 3.05) is 7.11 Å². The van der Waals surface area contributed by atoms with E-state index in [0.29, 0.717) is 29.0 Å². The molecule has 32 heavy (non-hydrogen) atoms. The number of carbonyl (C=O) groups excluding carboxylic acids is 1. The second kappa shape index (κ2) is 7.89. The van der Waals surface area contributed by atoms with Gasteiger partial charge in [-0.25, -0.2) is 13.1 Å². The van der Waals surface area contributed by atoms with Gasteiger partial charge in [0.15, 0.2) is 0 Å². The monoisotopic (exact) mass is 450 g/mol. The highest BCUT2D eigenvalue weighted by Crippen LogP contribution is 2.47. The number of hydrogen-bond donors (Lipinski definition) is 1. The van der Waals surface area contributed by atoms with Crippen LogP contribution in [0.1, 0.15) is 59.9 Å². The highest BCUT2D eigenvalue weighted by atomic mass is 32.2. The standard InChI is InChI=1S/C25H26N2O4S/c1-15-9-10-19-21(26-15)7-4-8-23(19)32(29,30)27-25(28)20-12-11-18-17(16-5-3-6-16)13-14-22(31-2)24(18)20/h4,7-10,13-14,16,20H,3,5-6,11-12H2,1-2H3,(H,27,28)/t20-/m0/s1. The van der Waals surface area contributed by atoms with Crippen molar-refractivity contribution >= 4 is 26.8 Å². The van der Waals surface area contributed by atoms with Crippen molar-refractivity contribution in [2.45, 2.75) is 55.8 Å².